The van der Waals surface area contributed by atoms with E-state index in [2.05, 4.69) is 5.32 Å². The van der Waals surface area contributed by atoms with Gasteiger partial charge in [0, 0.05) is 19.0 Å². The summed E-state index contributed by atoms with van der Waals surface area (Å²) in [4.78, 5) is 42.1. The summed E-state index contributed by atoms with van der Waals surface area (Å²) in [5.41, 5.74) is 0.180. The first-order valence-corrected chi connectivity index (χ1v) is 12.8. The first-order valence-electron chi connectivity index (χ1n) is 11.0. The summed E-state index contributed by atoms with van der Waals surface area (Å²) in [5, 5.41) is 2.85. The Labute approximate surface area is 193 Å². The van der Waals surface area contributed by atoms with Crippen LogP contribution in [0.5, 0.6) is 0 Å². The molecule has 2 aliphatic rings. The third-order valence-corrected chi connectivity index (χ3v) is 8.11. The van der Waals surface area contributed by atoms with E-state index in [4.69, 9.17) is 0 Å². The summed E-state index contributed by atoms with van der Waals surface area (Å²) in [6, 6.07) is 17.3. The first kappa shape index (κ1) is 23.0. The molecule has 0 saturated carbocycles. The van der Waals surface area contributed by atoms with Gasteiger partial charge in [-0.2, -0.15) is 0 Å². The van der Waals surface area contributed by atoms with Crippen LogP contribution in [0.3, 0.4) is 0 Å². The Bertz CT molecular complexity index is 1150. The molecule has 2 aromatic carbocycles. The number of likely N-dealkylation sites (N-methyl/N-ethyl adjacent to an activating group) is 1. The molecule has 2 aliphatic heterocycles. The largest absolute Gasteiger partial charge is 0.337 e. The summed E-state index contributed by atoms with van der Waals surface area (Å²) < 4.78 is 23.8. The molecule has 2 saturated heterocycles. The summed E-state index contributed by atoms with van der Waals surface area (Å²) in [6.45, 7) is 1.63. The lowest BCUT2D eigenvalue weighted by atomic mass is 9.83. The highest BCUT2D eigenvalue weighted by Gasteiger charge is 2.53. The van der Waals surface area contributed by atoms with E-state index in [0.717, 1.165) is 10.5 Å². The van der Waals surface area contributed by atoms with Gasteiger partial charge in [0.05, 0.1) is 11.5 Å². The molecule has 2 atom stereocenters. The number of urea groups is 1. The van der Waals surface area contributed by atoms with E-state index in [-0.39, 0.29) is 17.9 Å². The lowest BCUT2D eigenvalue weighted by molar-refractivity contribution is -0.140. The molecule has 33 heavy (non-hydrogen) atoms. The molecule has 8 nitrogen and oxygen atoms in total. The van der Waals surface area contributed by atoms with Crippen LogP contribution >= 0.6 is 0 Å². The number of benzene rings is 2. The van der Waals surface area contributed by atoms with Gasteiger partial charge in [-0.25, -0.2) is 13.2 Å². The topological polar surface area (TPSA) is 104 Å². The number of sulfone groups is 1. The van der Waals surface area contributed by atoms with Crippen molar-refractivity contribution in [1.82, 2.24) is 15.1 Å². The predicted octanol–water partition coefficient (Wildman–Crippen LogP) is 1.71. The number of amides is 4. The highest BCUT2D eigenvalue weighted by atomic mass is 32.2. The molecule has 4 amide bonds. The third kappa shape index (κ3) is 4.50. The zero-order chi connectivity index (χ0) is 23.6. The zero-order valence-electron chi connectivity index (χ0n) is 18.4. The highest BCUT2D eigenvalue weighted by Crippen LogP contribution is 2.33. The van der Waals surface area contributed by atoms with Crippen LogP contribution in [0.25, 0.3) is 0 Å². The summed E-state index contributed by atoms with van der Waals surface area (Å²) >= 11 is 0. The minimum Gasteiger partial charge on any atom is -0.337 e. The van der Waals surface area contributed by atoms with Crippen molar-refractivity contribution < 1.29 is 22.8 Å². The second-order valence-electron chi connectivity index (χ2n) is 8.49. The normalized spacial score (nSPS) is 24.0. The van der Waals surface area contributed by atoms with Gasteiger partial charge in [-0.05, 0) is 24.5 Å². The van der Waals surface area contributed by atoms with Crippen LogP contribution in [0, 0.1) is 0 Å². The van der Waals surface area contributed by atoms with Gasteiger partial charge in [0.25, 0.3) is 5.91 Å². The van der Waals surface area contributed by atoms with Gasteiger partial charge >= 0.3 is 6.03 Å². The number of nitrogens with one attached hydrogen (secondary N) is 1. The molecule has 0 spiro atoms. The number of hydrogen-bond donors (Lipinski definition) is 1. The van der Waals surface area contributed by atoms with Gasteiger partial charge in [-0.15, -0.1) is 0 Å². The molecule has 0 bridgehead atoms. The summed E-state index contributed by atoms with van der Waals surface area (Å²) in [5.74, 6) is -0.981. The van der Waals surface area contributed by atoms with E-state index < -0.39 is 45.8 Å². The number of rotatable bonds is 7. The molecule has 4 rings (SSSR count). The first-order chi connectivity index (χ1) is 15.8. The predicted molar refractivity (Wildman–Crippen MR) is 123 cm³/mol. The van der Waals surface area contributed by atoms with E-state index in [1.165, 1.54) is 4.90 Å². The number of carbonyl (C=O) groups is 3. The fourth-order valence-electron chi connectivity index (χ4n) is 4.70. The fraction of sp³-hybridized carbons (Fsp3) is 0.375. The Hall–Kier alpha value is -3.20. The molecular formula is C24H27N3O5S. The molecule has 1 N–H and O–H groups in total. The maximum absolute atomic E-state index is 13.7. The summed E-state index contributed by atoms with van der Waals surface area (Å²) in [6.07, 6.45) is 0.607. The number of nitrogens with zero attached hydrogens (tertiary/aromatic N) is 2. The van der Waals surface area contributed by atoms with Gasteiger partial charge in [0.2, 0.25) is 5.91 Å². The van der Waals surface area contributed by atoms with E-state index in [9.17, 15) is 22.8 Å². The molecule has 0 aliphatic carbocycles. The van der Waals surface area contributed by atoms with Crippen molar-refractivity contribution in [1.29, 1.82) is 0 Å². The van der Waals surface area contributed by atoms with Crippen molar-refractivity contribution in [2.45, 2.75) is 31.3 Å². The van der Waals surface area contributed by atoms with Crippen LogP contribution in [-0.4, -0.2) is 66.7 Å². The lowest BCUT2D eigenvalue weighted by Gasteiger charge is -2.29. The van der Waals surface area contributed by atoms with Gasteiger partial charge in [0.15, 0.2) is 15.4 Å². The molecule has 174 valence electrons. The zero-order valence-corrected chi connectivity index (χ0v) is 19.3. The monoisotopic (exact) mass is 469 g/mol. The number of hydrogen-bond acceptors (Lipinski definition) is 5. The minimum absolute atomic E-state index is 0.0404. The third-order valence-electron chi connectivity index (χ3n) is 6.36. The van der Waals surface area contributed by atoms with Gasteiger partial charge < -0.3 is 10.2 Å². The average molecular weight is 470 g/mol. The summed E-state index contributed by atoms with van der Waals surface area (Å²) in [7, 11) is -3.18. The Morgan fingerprint density at radius 3 is 2.30 bits per heavy atom. The Kier molecular flexibility index (Phi) is 6.25. The van der Waals surface area contributed by atoms with Crippen LogP contribution in [-0.2, 0) is 31.4 Å². The van der Waals surface area contributed by atoms with Gasteiger partial charge in [0.1, 0.15) is 6.54 Å². The Morgan fingerprint density at radius 1 is 1.09 bits per heavy atom. The minimum atomic E-state index is -3.18. The second kappa shape index (κ2) is 8.97. The molecule has 2 fully saturated rings. The van der Waals surface area contributed by atoms with Crippen LogP contribution in [0.4, 0.5) is 4.79 Å². The Balaban J connectivity index is 1.61. The van der Waals surface area contributed by atoms with Gasteiger partial charge in [-0.1, -0.05) is 60.7 Å². The van der Waals surface area contributed by atoms with Crippen molar-refractivity contribution >= 4 is 27.7 Å². The number of imide groups is 1. The quantitative estimate of drug-likeness (QED) is 0.622. The van der Waals surface area contributed by atoms with Crippen LogP contribution in [0.1, 0.15) is 24.5 Å². The van der Waals surface area contributed by atoms with E-state index >= 15 is 0 Å². The lowest BCUT2D eigenvalue weighted by Crippen LogP contribution is -2.49. The fourth-order valence-corrected chi connectivity index (χ4v) is 6.43. The SMILES string of the molecule is CCN(C(=O)CN1C(=O)N[C@](Cc2ccccc2)(c2ccccc2)C1=O)[C@H]1CCS(=O)(=O)C1. The standard InChI is InChI=1S/C24H27N3O5S/c1-2-26(20-13-14-33(31,32)17-20)21(28)16-27-22(29)24(25-23(27)30,19-11-7-4-8-12-19)15-18-9-5-3-6-10-18/h3-12,20H,2,13-17H2,1H3,(H,25,30)/t20-,24+/m0/s1. The van der Waals surface area contributed by atoms with E-state index in [1.807, 2.05) is 36.4 Å². The smallest absolute Gasteiger partial charge is 0.325 e. The molecule has 0 aromatic heterocycles. The van der Waals surface area contributed by atoms with Crippen LogP contribution in [0.2, 0.25) is 0 Å². The van der Waals surface area contributed by atoms with Crippen LogP contribution in [0.15, 0.2) is 60.7 Å². The molecule has 0 unspecified atom stereocenters. The van der Waals surface area contributed by atoms with Crippen LogP contribution < -0.4 is 5.32 Å². The number of carbonyl (C=O) groups excluding carboxylic acids is 3. The maximum Gasteiger partial charge on any atom is 0.325 e. The Morgan fingerprint density at radius 2 is 1.73 bits per heavy atom. The van der Waals surface area contributed by atoms with Crippen molar-refractivity contribution in [3.8, 4) is 0 Å². The highest BCUT2D eigenvalue weighted by molar-refractivity contribution is 7.91. The molecular weight excluding hydrogens is 442 g/mol. The van der Waals surface area contributed by atoms with Gasteiger partial charge in [-0.3, -0.25) is 14.5 Å². The molecule has 2 heterocycles. The molecule has 2 aromatic rings. The van der Waals surface area contributed by atoms with Crippen molar-refractivity contribution in [3.05, 3.63) is 71.8 Å². The molecule has 0 radical (unpaired) electrons. The second-order valence-corrected chi connectivity index (χ2v) is 10.7. The molecule has 9 heteroatoms. The average Bonchev–Trinajstić information content (AvgIpc) is 3.27. The van der Waals surface area contributed by atoms with E-state index in [1.54, 1.807) is 31.2 Å². The van der Waals surface area contributed by atoms with Crippen molar-refractivity contribution in [3.63, 3.8) is 0 Å². The maximum atomic E-state index is 13.7. The van der Waals surface area contributed by atoms with Crippen molar-refractivity contribution in [2.24, 2.45) is 0 Å². The van der Waals surface area contributed by atoms with E-state index in [0.29, 0.717) is 18.5 Å². The van der Waals surface area contributed by atoms with Crippen molar-refractivity contribution in [2.75, 3.05) is 24.6 Å².